The third-order valence-corrected chi connectivity index (χ3v) is 3.78. The summed E-state index contributed by atoms with van der Waals surface area (Å²) >= 11 is 0. The van der Waals surface area contributed by atoms with Crippen molar-refractivity contribution in [3.05, 3.63) is 35.4 Å². The van der Waals surface area contributed by atoms with Crippen molar-refractivity contribution in [2.24, 2.45) is 0 Å². The second kappa shape index (κ2) is 7.78. The second-order valence-corrected chi connectivity index (χ2v) is 5.53. The average Bonchev–Trinajstić information content (AvgIpc) is 2.52. The van der Waals surface area contributed by atoms with Crippen LogP contribution in [0.2, 0.25) is 0 Å². The van der Waals surface area contributed by atoms with Gasteiger partial charge in [0.2, 0.25) is 0 Å². The van der Waals surface area contributed by atoms with Crippen molar-refractivity contribution in [1.82, 2.24) is 0 Å². The largest absolute Gasteiger partial charge is 0.384 e. The van der Waals surface area contributed by atoms with E-state index in [4.69, 9.17) is 0 Å². The quantitative estimate of drug-likeness (QED) is 0.711. The predicted molar refractivity (Wildman–Crippen MR) is 91.0 cm³/mol. The van der Waals surface area contributed by atoms with Crippen molar-refractivity contribution in [2.75, 3.05) is 23.7 Å². The van der Waals surface area contributed by atoms with Crippen LogP contribution in [-0.4, -0.2) is 24.7 Å². The van der Waals surface area contributed by atoms with Gasteiger partial charge in [0.1, 0.15) is 0 Å². The summed E-state index contributed by atoms with van der Waals surface area (Å²) in [4.78, 5) is 24.5. The van der Waals surface area contributed by atoms with Crippen molar-refractivity contribution in [1.29, 1.82) is 0 Å². The Hall–Kier alpha value is -2.10. The number of hydrogen-bond donors (Lipinski definition) is 2. The maximum atomic E-state index is 12.3. The number of carbonyl (C=O) groups excluding carboxylic acids is 2. The summed E-state index contributed by atoms with van der Waals surface area (Å²) in [6, 6.07) is 3.79. The molecule has 1 aromatic rings. The zero-order valence-corrected chi connectivity index (χ0v) is 13.4. The van der Waals surface area contributed by atoms with E-state index in [0.717, 1.165) is 50.1 Å². The summed E-state index contributed by atoms with van der Waals surface area (Å²) in [6.07, 6.45) is 6.96. The standard InChI is InChI=1S/C18H24N2O2/c1-3-5-11-19-13-7-8-14(20-12-6-4-2)18-16(22)10-9-15(21)17(13)18/h7-10,19-20H,3-6,11-12H2,1-2H3. The fraction of sp³-hybridized carbons (Fsp3) is 0.444. The highest BCUT2D eigenvalue weighted by molar-refractivity contribution is 6.26. The molecule has 1 aromatic carbocycles. The van der Waals surface area contributed by atoms with Crippen LogP contribution in [0.4, 0.5) is 11.4 Å². The molecule has 4 nitrogen and oxygen atoms in total. The predicted octanol–water partition coefficient (Wildman–Crippen LogP) is 4.05. The number of unbranched alkanes of at least 4 members (excludes halogenated alkanes) is 2. The van der Waals surface area contributed by atoms with E-state index < -0.39 is 0 Å². The molecule has 1 aliphatic carbocycles. The maximum Gasteiger partial charge on any atom is 0.188 e. The Labute approximate surface area is 132 Å². The smallest absolute Gasteiger partial charge is 0.188 e. The van der Waals surface area contributed by atoms with Crippen LogP contribution in [0.1, 0.15) is 60.2 Å². The summed E-state index contributed by atoms with van der Waals surface area (Å²) in [6.45, 7) is 5.85. The summed E-state index contributed by atoms with van der Waals surface area (Å²) < 4.78 is 0. The highest BCUT2D eigenvalue weighted by Gasteiger charge is 2.25. The molecule has 22 heavy (non-hydrogen) atoms. The highest BCUT2D eigenvalue weighted by atomic mass is 16.1. The van der Waals surface area contributed by atoms with E-state index in [1.807, 2.05) is 12.1 Å². The van der Waals surface area contributed by atoms with Crippen molar-refractivity contribution >= 4 is 22.9 Å². The van der Waals surface area contributed by atoms with Gasteiger partial charge in [-0.3, -0.25) is 9.59 Å². The van der Waals surface area contributed by atoms with E-state index in [1.54, 1.807) is 0 Å². The fourth-order valence-corrected chi connectivity index (χ4v) is 2.53. The van der Waals surface area contributed by atoms with Crippen LogP contribution in [0.25, 0.3) is 0 Å². The van der Waals surface area contributed by atoms with Gasteiger partial charge in [-0.05, 0) is 37.1 Å². The summed E-state index contributed by atoms with van der Waals surface area (Å²) in [5.41, 5.74) is 2.52. The zero-order valence-electron chi connectivity index (χ0n) is 13.4. The topological polar surface area (TPSA) is 58.2 Å². The maximum absolute atomic E-state index is 12.3. The number of allylic oxidation sites excluding steroid dienone is 2. The SMILES string of the molecule is CCCCNc1ccc(NCCCC)c2c1C(=O)C=CC2=O. The molecular weight excluding hydrogens is 276 g/mol. The van der Waals surface area contributed by atoms with Gasteiger partial charge < -0.3 is 10.6 Å². The minimum absolute atomic E-state index is 0.104. The van der Waals surface area contributed by atoms with Gasteiger partial charge >= 0.3 is 0 Å². The minimum atomic E-state index is -0.104. The normalized spacial score (nSPS) is 13.2. The highest BCUT2D eigenvalue weighted by Crippen LogP contribution is 2.31. The monoisotopic (exact) mass is 300 g/mol. The van der Waals surface area contributed by atoms with Crippen LogP contribution in [0, 0.1) is 0 Å². The number of fused-ring (bicyclic) bond motifs is 1. The molecule has 0 bridgehead atoms. The first-order valence-corrected chi connectivity index (χ1v) is 8.10. The van der Waals surface area contributed by atoms with Gasteiger partial charge in [0.05, 0.1) is 11.1 Å². The third kappa shape index (κ3) is 3.56. The second-order valence-electron chi connectivity index (χ2n) is 5.53. The summed E-state index contributed by atoms with van der Waals surface area (Å²) in [5, 5.41) is 6.57. The van der Waals surface area contributed by atoms with Gasteiger partial charge in [0, 0.05) is 24.5 Å². The molecule has 0 radical (unpaired) electrons. The van der Waals surface area contributed by atoms with E-state index in [1.165, 1.54) is 12.2 Å². The number of nitrogens with one attached hydrogen (secondary N) is 2. The van der Waals surface area contributed by atoms with Crippen molar-refractivity contribution in [3.63, 3.8) is 0 Å². The Morgan fingerprint density at radius 1 is 0.773 bits per heavy atom. The van der Waals surface area contributed by atoms with Gasteiger partial charge in [-0.25, -0.2) is 0 Å². The molecule has 2 rings (SSSR count). The fourth-order valence-electron chi connectivity index (χ4n) is 2.53. The summed E-state index contributed by atoms with van der Waals surface area (Å²) in [7, 11) is 0. The Balaban J connectivity index is 2.34. The van der Waals surface area contributed by atoms with E-state index in [-0.39, 0.29) is 11.6 Å². The number of ketones is 2. The van der Waals surface area contributed by atoms with Crippen LogP contribution in [0.3, 0.4) is 0 Å². The van der Waals surface area contributed by atoms with Gasteiger partial charge in [-0.2, -0.15) is 0 Å². The molecule has 1 aliphatic rings. The van der Waals surface area contributed by atoms with Crippen molar-refractivity contribution < 1.29 is 9.59 Å². The molecule has 0 saturated carbocycles. The van der Waals surface area contributed by atoms with E-state index >= 15 is 0 Å². The van der Waals surface area contributed by atoms with Crippen molar-refractivity contribution in [3.8, 4) is 0 Å². The molecule has 0 atom stereocenters. The molecule has 0 fully saturated rings. The molecule has 0 spiro atoms. The lowest BCUT2D eigenvalue weighted by Gasteiger charge is -2.19. The Bertz CT molecular complexity index is 540. The molecular formula is C18H24N2O2. The molecule has 0 saturated heterocycles. The van der Waals surface area contributed by atoms with Crippen LogP contribution in [0.15, 0.2) is 24.3 Å². The lowest BCUT2D eigenvalue weighted by molar-refractivity contribution is 0.0995. The van der Waals surface area contributed by atoms with Gasteiger partial charge in [0.15, 0.2) is 11.6 Å². The molecule has 0 aliphatic heterocycles. The third-order valence-electron chi connectivity index (χ3n) is 3.78. The number of hydrogen-bond acceptors (Lipinski definition) is 4. The van der Waals surface area contributed by atoms with Crippen LogP contribution < -0.4 is 10.6 Å². The number of benzene rings is 1. The molecule has 4 heteroatoms. The van der Waals surface area contributed by atoms with Gasteiger partial charge in [0.25, 0.3) is 0 Å². The van der Waals surface area contributed by atoms with E-state index in [2.05, 4.69) is 24.5 Å². The number of anilines is 2. The first-order valence-electron chi connectivity index (χ1n) is 8.10. The molecule has 0 unspecified atom stereocenters. The van der Waals surface area contributed by atoms with Gasteiger partial charge in [-0.1, -0.05) is 26.7 Å². The Morgan fingerprint density at radius 3 is 1.55 bits per heavy atom. The first kappa shape index (κ1) is 16.3. The molecule has 0 heterocycles. The Morgan fingerprint density at radius 2 is 1.18 bits per heavy atom. The average molecular weight is 300 g/mol. The Kier molecular flexibility index (Phi) is 5.75. The van der Waals surface area contributed by atoms with Gasteiger partial charge in [-0.15, -0.1) is 0 Å². The first-order chi connectivity index (χ1) is 10.7. The van der Waals surface area contributed by atoms with Crippen molar-refractivity contribution in [2.45, 2.75) is 39.5 Å². The van der Waals surface area contributed by atoms with E-state index in [0.29, 0.717) is 11.1 Å². The molecule has 118 valence electrons. The number of rotatable bonds is 8. The zero-order chi connectivity index (χ0) is 15.9. The lowest BCUT2D eigenvalue weighted by atomic mass is 9.91. The van der Waals surface area contributed by atoms with E-state index in [9.17, 15) is 9.59 Å². The van der Waals surface area contributed by atoms with Crippen LogP contribution in [0.5, 0.6) is 0 Å². The lowest BCUT2D eigenvalue weighted by Crippen LogP contribution is -2.18. The molecule has 0 aromatic heterocycles. The van der Waals surface area contributed by atoms with Crippen LogP contribution in [-0.2, 0) is 0 Å². The van der Waals surface area contributed by atoms with Crippen LogP contribution >= 0.6 is 0 Å². The number of carbonyl (C=O) groups is 2. The minimum Gasteiger partial charge on any atom is -0.384 e. The summed E-state index contributed by atoms with van der Waals surface area (Å²) in [5.74, 6) is -0.208. The molecule has 2 N–H and O–H groups in total. The molecule has 0 amide bonds.